The predicted molar refractivity (Wildman–Crippen MR) is 49.6 cm³/mol. The van der Waals surface area contributed by atoms with Gasteiger partial charge in [-0.2, -0.15) is 0 Å². The quantitative estimate of drug-likeness (QED) is 0.544. The van der Waals surface area contributed by atoms with Crippen LogP contribution in [0.15, 0.2) is 12.2 Å². The number of hydrogen-bond acceptors (Lipinski definition) is 3. The number of carboxylic acids is 1. The molecule has 0 heterocycles. The number of rotatable bonds is 3. The Morgan fingerprint density at radius 2 is 2.00 bits per heavy atom. The molecule has 0 aromatic rings. The number of carbonyl (C=O) groups is 2. The van der Waals surface area contributed by atoms with Crippen LogP contribution in [0.2, 0.25) is 0 Å². The standard InChI is InChI=1S/C10H14O4/c1-10(2)6(8(10)9(12)13)4-5-7(11)14-3/h4-6,8H,1-3H3,(H,12,13). The third-order valence-electron chi connectivity index (χ3n) is 2.82. The lowest BCUT2D eigenvalue weighted by Crippen LogP contribution is -2.03. The second-order valence-electron chi connectivity index (χ2n) is 4.05. The molecule has 0 aliphatic heterocycles. The molecule has 0 aromatic heterocycles. The van der Waals surface area contributed by atoms with Crippen LogP contribution >= 0.6 is 0 Å². The molecule has 4 heteroatoms. The Kier molecular flexibility index (Phi) is 2.64. The number of aliphatic carboxylic acids is 1. The van der Waals surface area contributed by atoms with Gasteiger partial charge in [0.2, 0.25) is 0 Å². The molecule has 0 saturated heterocycles. The summed E-state index contributed by atoms with van der Waals surface area (Å²) in [6, 6.07) is 0. The van der Waals surface area contributed by atoms with E-state index in [2.05, 4.69) is 4.74 Å². The highest BCUT2D eigenvalue weighted by atomic mass is 16.5. The molecule has 1 aliphatic rings. The van der Waals surface area contributed by atoms with Crippen LogP contribution in [0.25, 0.3) is 0 Å². The molecular weight excluding hydrogens is 184 g/mol. The van der Waals surface area contributed by atoms with Gasteiger partial charge in [-0.3, -0.25) is 4.79 Å². The van der Waals surface area contributed by atoms with Gasteiger partial charge in [-0.15, -0.1) is 0 Å². The summed E-state index contributed by atoms with van der Waals surface area (Å²) in [5, 5.41) is 8.83. The number of hydrogen-bond donors (Lipinski definition) is 1. The van der Waals surface area contributed by atoms with Crippen LogP contribution in [0.1, 0.15) is 13.8 Å². The molecule has 2 atom stereocenters. The van der Waals surface area contributed by atoms with Crippen molar-refractivity contribution in [3.8, 4) is 0 Å². The van der Waals surface area contributed by atoms with Gasteiger partial charge < -0.3 is 9.84 Å². The van der Waals surface area contributed by atoms with E-state index in [-0.39, 0.29) is 17.3 Å². The summed E-state index contributed by atoms with van der Waals surface area (Å²) in [7, 11) is 1.29. The summed E-state index contributed by atoms with van der Waals surface area (Å²) >= 11 is 0. The van der Waals surface area contributed by atoms with Crippen molar-refractivity contribution < 1.29 is 19.4 Å². The van der Waals surface area contributed by atoms with Crippen LogP contribution in [0, 0.1) is 17.3 Å². The highest BCUT2D eigenvalue weighted by Crippen LogP contribution is 2.58. The zero-order valence-electron chi connectivity index (χ0n) is 8.48. The van der Waals surface area contributed by atoms with Gasteiger partial charge in [0.05, 0.1) is 13.0 Å². The Morgan fingerprint density at radius 3 is 2.36 bits per heavy atom. The van der Waals surface area contributed by atoms with Gasteiger partial charge in [0, 0.05) is 6.08 Å². The van der Waals surface area contributed by atoms with Crippen molar-refractivity contribution in [2.24, 2.45) is 17.3 Å². The fraction of sp³-hybridized carbons (Fsp3) is 0.600. The third-order valence-corrected chi connectivity index (χ3v) is 2.82. The lowest BCUT2D eigenvalue weighted by atomic mass is 10.1. The maximum Gasteiger partial charge on any atom is 0.330 e. The van der Waals surface area contributed by atoms with E-state index in [4.69, 9.17) is 5.11 Å². The van der Waals surface area contributed by atoms with Crippen LogP contribution in [-0.2, 0) is 14.3 Å². The molecule has 2 unspecified atom stereocenters. The zero-order valence-corrected chi connectivity index (χ0v) is 8.48. The normalized spacial score (nSPS) is 28.8. The Bertz CT molecular complexity index is 290. The van der Waals surface area contributed by atoms with Crippen molar-refractivity contribution >= 4 is 11.9 Å². The smallest absolute Gasteiger partial charge is 0.330 e. The van der Waals surface area contributed by atoms with Gasteiger partial charge in [-0.05, 0) is 11.3 Å². The van der Waals surface area contributed by atoms with E-state index < -0.39 is 11.9 Å². The van der Waals surface area contributed by atoms with Crippen molar-refractivity contribution in [1.29, 1.82) is 0 Å². The van der Waals surface area contributed by atoms with Crippen molar-refractivity contribution in [3.63, 3.8) is 0 Å². The second kappa shape index (κ2) is 3.44. The number of carboxylic acid groups (broad SMARTS) is 1. The number of allylic oxidation sites excluding steroid dienone is 1. The molecule has 0 radical (unpaired) electrons. The second-order valence-corrected chi connectivity index (χ2v) is 4.05. The van der Waals surface area contributed by atoms with E-state index in [0.29, 0.717) is 0 Å². The third kappa shape index (κ3) is 1.78. The van der Waals surface area contributed by atoms with Crippen molar-refractivity contribution in [2.45, 2.75) is 13.8 Å². The summed E-state index contributed by atoms with van der Waals surface area (Å²) in [6.07, 6.45) is 2.90. The molecule has 1 N–H and O–H groups in total. The average Bonchev–Trinajstić information content (AvgIpc) is 2.64. The highest BCUT2D eigenvalue weighted by molar-refractivity contribution is 5.82. The summed E-state index contributed by atoms with van der Waals surface area (Å²) in [5.41, 5.74) is -0.254. The van der Waals surface area contributed by atoms with E-state index in [1.165, 1.54) is 13.2 Å². The van der Waals surface area contributed by atoms with Crippen molar-refractivity contribution in [1.82, 2.24) is 0 Å². The number of methoxy groups -OCH3 is 1. The van der Waals surface area contributed by atoms with Crippen LogP contribution in [0.5, 0.6) is 0 Å². The van der Waals surface area contributed by atoms with Gasteiger partial charge >= 0.3 is 11.9 Å². The lowest BCUT2D eigenvalue weighted by Gasteiger charge is -1.96. The first kappa shape index (κ1) is 10.8. The van der Waals surface area contributed by atoms with Crippen LogP contribution in [-0.4, -0.2) is 24.2 Å². The van der Waals surface area contributed by atoms with Gasteiger partial charge in [-0.25, -0.2) is 4.79 Å². The first-order valence-corrected chi connectivity index (χ1v) is 4.40. The SMILES string of the molecule is COC(=O)C=CC1C(C(=O)O)C1(C)C. The van der Waals surface area contributed by atoms with E-state index in [1.54, 1.807) is 6.08 Å². The largest absolute Gasteiger partial charge is 0.481 e. The minimum atomic E-state index is -0.811. The minimum Gasteiger partial charge on any atom is -0.481 e. The Balaban J connectivity index is 2.61. The first-order chi connectivity index (χ1) is 6.41. The molecule has 1 fully saturated rings. The molecule has 1 rings (SSSR count). The molecule has 4 nitrogen and oxygen atoms in total. The highest BCUT2D eigenvalue weighted by Gasteiger charge is 2.60. The fourth-order valence-corrected chi connectivity index (χ4v) is 1.76. The van der Waals surface area contributed by atoms with Gasteiger partial charge in [0.1, 0.15) is 0 Å². The monoisotopic (exact) mass is 198 g/mol. The maximum absolute atomic E-state index is 10.8. The van der Waals surface area contributed by atoms with Crippen molar-refractivity contribution in [2.75, 3.05) is 7.11 Å². The number of esters is 1. The Morgan fingerprint density at radius 1 is 1.43 bits per heavy atom. The van der Waals surface area contributed by atoms with Crippen LogP contribution in [0.4, 0.5) is 0 Å². The summed E-state index contributed by atoms with van der Waals surface area (Å²) in [6.45, 7) is 3.75. The number of ether oxygens (including phenoxy) is 1. The predicted octanol–water partition coefficient (Wildman–Crippen LogP) is 1.07. The molecule has 0 bridgehead atoms. The van der Waals surface area contributed by atoms with Gasteiger partial charge in [-0.1, -0.05) is 19.9 Å². The van der Waals surface area contributed by atoms with E-state index in [9.17, 15) is 9.59 Å². The molecular formula is C10H14O4. The van der Waals surface area contributed by atoms with Crippen LogP contribution in [0.3, 0.4) is 0 Å². The average molecular weight is 198 g/mol. The molecule has 1 aliphatic carbocycles. The topological polar surface area (TPSA) is 63.6 Å². The summed E-state index contributed by atoms with van der Waals surface area (Å²) in [4.78, 5) is 21.5. The Hall–Kier alpha value is -1.32. The summed E-state index contributed by atoms with van der Waals surface area (Å²) < 4.78 is 4.42. The van der Waals surface area contributed by atoms with Gasteiger partial charge in [0.15, 0.2) is 0 Å². The van der Waals surface area contributed by atoms with E-state index in [0.717, 1.165) is 0 Å². The van der Waals surface area contributed by atoms with Gasteiger partial charge in [0.25, 0.3) is 0 Å². The van der Waals surface area contributed by atoms with E-state index in [1.807, 2.05) is 13.8 Å². The molecule has 0 amide bonds. The molecule has 78 valence electrons. The zero-order chi connectivity index (χ0) is 10.9. The minimum absolute atomic E-state index is 0.0703. The summed E-state index contributed by atoms with van der Waals surface area (Å²) in [5.74, 6) is -1.71. The van der Waals surface area contributed by atoms with E-state index >= 15 is 0 Å². The molecule has 0 aromatic carbocycles. The molecule has 0 spiro atoms. The fourth-order valence-electron chi connectivity index (χ4n) is 1.76. The first-order valence-electron chi connectivity index (χ1n) is 4.40. The maximum atomic E-state index is 10.8. The molecule has 14 heavy (non-hydrogen) atoms. The van der Waals surface area contributed by atoms with Crippen LogP contribution < -0.4 is 0 Å². The lowest BCUT2D eigenvalue weighted by molar-refractivity contribution is -0.139. The molecule has 1 saturated carbocycles. The number of carbonyl (C=O) groups excluding carboxylic acids is 1. The Labute approximate surface area is 82.6 Å². The van der Waals surface area contributed by atoms with Crippen molar-refractivity contribution in [3.05, 3.63) is 12.2 Å².